The Kier molecular flexibility index (Phi) is 19.1. The summed E-state index contributed by atoms with van der Waals surface area (Å²) in [4.78, 5) is 76.1. The molecule has 0 aliphatic carbocycles. The number of urea groups is 2. The van der Waals surface area contributed by atoms with Gasteiger partial charge in [-0.2, -0.15) is 0 Å². The van der Waals surface area contributed by atoms with Gasteiger partial charge in [0, 0.05) is 59.8 Å². The summed E-state index contributed by atoms with van der Waals surface area (Å²) in [5.74, 6) is -0.0309. The smallest absolute Gasteiger partial charge is 0.334 e. The van der Waals surface area contributed by atoms with Gasteiger partial charge in [-0.3, -0.25) is 19.3 Å². The number of hydrogen-bond donors (Lipinski definition) is 4. The van der Waals surface area contributed by atoms with Gasteiger partial charge in [0.15, 0.2) is 0 Å². The van der Waals surface area contributed by atoms with Crippen molar-refractivity contribution in [2.45, 2.75) is 78.3 Å². The van der Waals surface area contributed by atoms with E-state index in [2.05, 4.69) is 58.0 Å². The number of hydrogen-bond acceptors (Lipinski definition) is 10. The molecule has 0 saturated carbocycles. The van der Waals surface area contributed by atoms with Crippen LogP contribution in [-0.4, -0.2) is 151 Å². The predicted molar refractivity (Wildman–Crippen MR) is 331 cm³/mol. The number of phenols is 2. The zero-order valence-electron chi connectivity index (χ0n) is 46.6. The van der Waals surface area contributed by atoms with E-state index in [1.54, 1.807) is 80.3 Å². The van der Waals surface area contributed by atoms with E-state index in [1.165, 1.54) is 16.3 Å². The average molecular weight is 1150 g/mol. The molecule has 7 amide bonds. The van der Waals surface area contributed by atoms with Gasteiger partial charge < -0.3 is 35.5 Å². The van der Waals surface area contributed by atoms with Crippen molar-refractivity contribution in [3.63, 3.8) is 0 Å². The molecule has 0 radical (unpaired) electrons. The van der Waals surface area contributed by atoms with Crippen LogP contribution in [0.1, 0.15) is 48.2 Å². The van der Waals surface area contributed by atoms with Crippen LogP contribution in [0.15, 0.2) is 194 Å². The number of rotatable bonds is 12. The summed E-state index contributed by atoms with van der Waals surface area (Å²) in [5.41, 5.74) is 6.00. The molecule has 4 saturated heterocycles. The van der Waals surface area contributed by atoms with Gasteiger partial charge in [-0.15, -0.1) is 0 Å². The Labute approximate surface area is 497 Å². The average Bonchev–Trinajstić information content (AvgIpc) is 1.56. The first-order valence-electron chi connectivity index (χ1n) is 28.1. The molecule has 8 aromatic rings. The fraction of sp³-hybridized carbons (Fsp3) is 0.279. The minimum Gasteiger partial charge on any atom is -0.508 e. The Morgan fingerprint density at radius 2 is 0.976 bits per heavy atom. The molecule has 4 heterocycles. The Bertz CT molecular complexity index is 3610. The molecule has 12 rings (SSSR count). The normalized spacial score (nSPS) is 19.0. The van der Waals surface area contributed by atoms with Gasteiger partial charge >= 0.3 is 12.1 Å². The summed E-state index contributed by atoms with van der Waals surface area (Å²) in [5, 5.41) is 36.9. The third kappa shape index (κ3) is 13.7. The number of amides is 7. The van der Waals surface area contributed by atoms with Crippen molar-refractivity contribution < 1.29 is 34.2 Å². The number of carbonyl (C=O) groups is 5. The molecule has 440 valence electrons. The lowest BCUT2D eigenvalue weighted by Gasteiger charge is -2.55. The maximum absolute atomic E-state index is 14.1. The van der Waals surface area contributed by atoms with Gasteiger partial charge in [0.05, 0.1) is 25.7 Å². The molecular formula is C68H76N10O7. The Hall–Kier alpha value is -9.29. The molecule has 0 spiro atoms. The van der Waals surface area contributed by atoms with E-state index >= 15 is 0 Å². The van der Waals surface area contributed by atoms with Crippen LogP contribution in [0.3, 0.4) is 0 Å². The maximum atomic E-state index is 14.1. The van der Waals surface area contributed by atoms with Crippen molar-refractivity contribution >= 4 is 51.3 Å². The van der Waals surface area contributed by atoms with Crippen LogP contribution >= 0.6 is 0 Å². The largest absolute Gasteiger partial charge is 0.508 e. The molecule has 85 heavy (non-hydrogen) atoms. The minimum atomic E-state index is -0.806. The van der Waals surface area contributed by atoms with Crippen molar-refractivity contribution in [2.24, 2.45) is 0 Å². The van der Waals surface area contributed by atoms with Crippen LogP contribution in [0.5, 0.6) is 11.5 Å². The van der Waals surface area contributed by atoms with Crippen LogP contribution < -0.4 is 10.6 Å². The molecular weight excluding hydrogens is 1070 g/mol. The number of likely N-dealkylation sites (N-methyl/N-ethyl adjacent to an activating group) is 2. The van der Waals surface area contributed by atoms with Gasteiger partial charge in [0.25, 0.3) is 0 Å². The molecule has 8 aromatic carbocycles. The number of piperazine rings is 2. The highest BCUT2D eigenvalue weighted by Crippen LogP contribution is 2.32. The van der Waals surface area contributed by atoms with Crippen molar-refractivity contribution in [3.8, 4) is 11.5 Å². The van der Waals surface area contributed by atoms with Crippen LogP contribution in [-0.2, 0) is 53.4 Å². The van der Waals surface area contributed by atoms with E-state index in [4.69, 9.17) is 0 Å². The van der Waals surface area contributed by atoms with E-state index in [9.17, 15) is 34.2 Å². The fourth-order valence-electron chi connectivity index (χ4n) is 12.1. The zero-order valence-corrected chi connectivity index (χ0v) is 46.6. The number of aromatic hydroxyl groups is 2. The molecule has 0 unspecified atom stereocenters. The molecule has 17 nitrogen and oxygen atoms in total. The van der Waals surface area contributed by atoms with Crippen molar-refractivity contribution in [2.75, 3.05) is 46.8 Å². The second-order valence-corrected chi connectivity index (χ2v) is 21.8. The summed E-state index contributed by atoms with van der Waals surface area (Å²) >= 11 is 0. The second-order valence-electron chi connectivity index (χ2n) is 21.8. The number of nitrogens with one attached hydrogen (secondary N) is 2. The predicted octanol–water partition coefficient (Wildman–Crippen LogP) is 9.20. The first-order chi connectivity index (χ1) is 40.3. The Balaban J connectivity index is 0.000000199. The van der Waals surface area contributed by atoms with Gasteiger partial charge in [0.1, 0.15) is 29.9 Å². The fourth-order valence-corrected chi connectivity index (χ4v) is 12.1. The number of phenolic OH excluding ortho intramolecular Hbond substituents is 2. The molecule has 4 aliphatic rings. The lowest BCUT2D eigenvalue weighted by Crippen LogP contribution is -2.76. The summed E-state index contributed by atoms with van der Waals surface area (Å²) < 4.78 is 0. The molecule has 4 atom stereocenters. The highest BCUT2D eigenvalue weighted by atomic mass is 16.3. The summed E-state index contributed by atoms with van der Waals surface area (Å²) in [6.07, 6.45) is -0.258. The monoisotopic (exact) mass is 1140 g/mol. The van der Waals surface area contributed by atoms with Crippen LogP contribution in [0.4, 0.5) is 9.59 Å². The highest BCUT2D eigenvalue weighted by molar-refractivity contribution is 5.92. The Morgan fingerprint density at radius 1 is 0.482 bits per heavy atom. The SMILES string of the molecule is C.C.CN1CC(=O)N2[C@@H](Cc3ccc(O)cc3)C(=O)N(Cc3ccc4ccccc4c3)C[C@@H]2N1C(=O)NCc1ccccc1.CN1CC(=O)N2[C@@H](Cc3ccc(O)cc3)CN(Cc3cccc4ccccc34)C[C@@H]2N1C(=O)NCc1ccccc1. The van der Waals surface area contributed by atoms with E-state index < -0.39 is 18.4 Å². The van der Waals surface area contributed by atoms with Crippen LogP contribution in [0.25, 0.3) is 21.5 Å². The van der Waals surface area contributed by atoms with Gasteiger partial charge in [-0.25, -0.2) is 29.6 Å². The lowest BCUT2D eigenvalue weighted by atomic mass is 9.98. The van der Waals surface area contributed by atoms with E-state index in [0.717, 1.165) is 38.6 Å². The van der Waals surface area contributed by atoms with E-state index in [-0.39, 0.29) is 88.2 Å². The standard InChI is InChI=1S/C33H33N5O4.C33H35N5O3.2CH4/c1-35-22-31(40)37-29(18-23-12-15-28(39)16-13-23)32(41)36(20-25-11-14-26-9-5-6-10-27(26)17-25)21-30(37)38(35)33(42)34-19-24-7-3-2-4-8-24;1-35-23-32(40)37-28(18-24-14-16-29(39)17-15-24)21-36(20-27-12-7-11-26-10-5-6-13-30(26)27)22-31(37)38(35)33(41)34-19-25-8-3-2-4-9-25;;/h2-17,29-30,39H,18-22H2,1H3,(H,34,42);2-17,28,31,39H,18-23H2,1H3,(H,34,41);2*1H4/t29-,30-;28-,31-;;/m00../s1. The Morgan fingerprint density at radius 3 is 1.58 bits per heavy atom. The van der Waals surface area contributed by atoms with Crippen molar-refractivity contribution in [3.05, 3.63) is 228 Å². The third-order valence-electron chi connectivity index (χ3n) is 16.1. The number of carbonyl (C=O) groups excluding carboxylic acids is 5. The zero-order chi connectivity index (χ0) is 57.6. The van der Waals surface area contributed by atoms with Crippen LogP contribution in [0, 0.1) is 0 Å². The number of benzene rings is 8. The second kappa shape index (κ2) is 27.0. The number of nitrogens with zero attached hydrogens (tertiary/aromatic N) is 8. The number of fused-ring (bicyclic) bond motifs is 4. The first kappa shape index (κ1) is 60.3. The highest BCUT2D eigenvalue weighted by Gasteiger charge is 2.51. The van der Waals surface area contributed by atoms with Gasteiger partial charge in [0.2, 0.25) is 17.7 Å². The van der Waals surface area contributed by atoms with Crippen molar-refractivity contribution in [1.29, 1.82) is 0 Å². The van der Waals surface area contributed by atoms with Crippen molar-refractivity contribution in [1.82, 2.24) is 50.3 Å². The van der Waals surface area contributed by atoms with E-state index in [0.29, 0.717) is 45.7 Å². The molecule has 0 bridgehead atoms. The molecule has 4 fully saturated rings. The number of hydrazine groups is 2. The van der Waals surface area contributed by atoms with Gasteiger partial charge in [-0.1, -0.05) is 179 Å². The lowest BCUT2D eigenvalue weighted by molar-refractivity contribution is -0.187. The van der Waals surface area contributed by atoms with Gasteiger partial charge in [-0.05, 0) is 91.7 Å². The van der Waals surface area contributed by atoms with Crippen LogP contribution in [0.2, 0.25) is 0 Å². The molecule has 4 aliphatic heterocycles. The third-order valence-corrected chi connectivity index (χ3v) is 16.1. The summed E-state index contributed by atoms with van der Waals surface area (Å²) in [6.45, 7) is 3.27. The van der Waals surface area contributed by atoms with E-state index in [1.807, 2.05) is 120 Å². The molecule has 4 N–H and O–H groups in total. The topological polar surface area (TPSA) is 176 Å². The molecule has 0 aromatic heterocycles. The maximum Gasteiger partial charge on any atom is 0.334 e. The quantitative estimate of drug-likeness (QED) is 0.0923. The molecule has 17 heteroatoms. The minimum absolute atomic E-state index is 0. The first-order valence-corrected chi connectivity index (χ1v) is 28.1. The summed E-state index contributed by atoms with van der Waals surface area (Å²) in [6, 6.07) is 60.7. The summed E-state index contributed by atoms with van der Waals surface area (Å²) in [7, 11) is 3.52.